The molecule has 0 saturated heterocycles. The zero-order chi connectivity index (χ0) is 23.5. The molecule has 1 saturated carbocycles. The van der Waals surface area contributed by atoms with E-state index >= 15 is 0 Å². The molecule has 3 rings (SSSR count). The van der Waals surface area contributed by atoms with Crippen molar-refractivity contribution in [3.8, 4) is 0 Å². The van der Waals surface area contributed by atoms with E-state index in [0.29, 0.717) is 24.0 Å². The molecule has 2 aromatic rings. The third kappa shape index (κ3) is 5.62. The highest BCUT2D eigenvalue weighted by Gasteiger charge is 2.36. The van der Waals surface area contributed by atoms with Crippen LogP contribution in [0.3, 0.4) is 0 Å². The van der Waals surface area contributed by atoms with Crippen LogP contribution in [0.25, 0.3) is 11.2 Å². The number of carbonyl (C=O) groups excluding carboxylic acids is 2. The molecule has 0 spiro atoms. The minimum absolute atomic E-state index is 0.0169. The molecule has 0 unspecified atom stereocenters. The number of carbonyl (C=O) groups is 3. The molecule has 1 fully saturated rings. The van der Waals surface area contributed by atoms with Gasteiger partial charge in [-0.25, -0.2) is 14.8 Å². The van der Waals surface area contributed by atoms with Crippen LogP contribution >= 0.6 is 0 Å². The molecule has 12 nitrogen and oxygen atoms in total. The van der Waals surface area contributed by atoms with Crippen molar-refractivity contribution in [1.82, 2.24) is 29.7 Å². The van der Waals surface area contributed by atoms with Gasteiger partial charge in [0.2, 0.25) is 5.91 Å². The average molecular weight is 447 g/mol. The SMILES string of the molecule is CC(C)(C)OC(=O)N[C@H]1CCCC[C@@H]1N(CC(=O)O)C(=O)Cn1cnc2nc[nH]c2c1=N. The molecule has 2 aromatic heterocycles. The molecule has 0 aliphatic heterocycles. The maximum atomic E-state index is 13.2. The van der Waals surface area contributed by atoms with Gasteiger partial charge in [0.25, 0.3) is 0 Å². The van der Waals surface area contributed by atoms with E-state index in [0.717, 1.165) is 12.8 Å². The topological polar surface area (TPSA) is 166 Å². The van der Waals surface area contributed by atoms with Crippen molar-refractivity contribution >= 4 is 29.1 Å². The summed E-state index contributed by atoms with van der Waals surface area (Å²) in [4.78, 5) is 49.3. The molecule has 0 bridgehead atoms. The van der Waals surface area contributed by atoms with Crippen LogP contribution in [0.1, 0.15) is 46.5 Å². The molecule has 1 aliphatic carbocycles. The molecular formula is C20H29N7O5. The summed E-state index contributed by atoms with van der Waals surface area (Å²) in [6.45, 7) is 4.50. The summed E-state index contributed by atoms with van der Waals surface area (Å²) < 4.78 is 6.67. The third-order valence-corrected chi connectivity index (χ3v) is 5.23. The lowest BCUT2D eigenvalue weighted by molar-refractivity contribution is -0.147. The Bertz CT molecular complexity index is 1050. The van der Waals surface area contributed by atoms with Crippen LogP contribution in [0.15, 0.2) is 12.7 Å². The molecule has 4 N–H and O–H groups in total. The molecule has 2 heterocycles. The van der Waals surface area contributed by atoms with Gasteiger partial charge < -0.3 is 29.6 Å². The maximum Gasteiger partial charge on any atom is 0.407 e. The summed E-state index contributed by atoms with van der Waals surface area (Å²) in [5.74, 6) is -1.63. The first kappa shape index (κ1) is 23.2. The summed E-state index contributed by atoms with van der Waals surface area (Å²) in [7, 11) is 0. The largest absolute Gasteiger partial charge is 0.480 e. The summed E-state index contributed by atoms with van der Waals surface area (Å²) in [6.07, 6.45) is 4.94. The second-order valence-electron chi connectivity index (χ2n) is 8.84. The third-order valence-electron chi connectivity index (χ3n) is 5.23. The highest BCUT2D eigenvalue weighted by atomic mass is 16.6. The van der Waals surface area contributed by atoms with Crippen molar-refractivity contribution in [3.63, 3.8) is 0 Å². The Morgan fingerprint density at radius 2 is 2.03 bits per heavy atom. The van der Waals surface area contributed by atoms with Crippen molar-refractivity contribution in [2.24, 2.45) is 0 Å². The minimum atomic E-state index is -1.15. The van der Waals surface area contributed by atoms with E-state index in [2.05, 4.69) is 20.3 Å². The van der Waals surface area contributed by atoms with Gasteiger partial charge in [-0.2, -0.15) is 0 Å². The van der Waals surface area contributed by atoms with E-state index < -0.39 is 42.2 Å². The first-order chi connectivity index (χ1) is 15.0. The smallest absolute Gasteiger partial charge is 0.407 e. The molecule has 32 heavy (non-hydrogen) atoms. The number of fused-ring (bicyclic) bond motifs is 1. The molecule has 0 radical (unpaired) electrons. The fourth-order valence-corrected chi connectivity index (χ4v) is 3.89. The van der Waals surface area contributed by atoms with Gasteiger partial charge in [-0.05, 0) is 33.6 Å². The van der Waals surface area contributed by atoms with Crippen LogP contribution in [0.2, 0.25) is 0 Å². The van der Waals surface area contributed by atoms with E-state index in [-0.39, 0.29) is 12.0 Å². The quantitative estimate of drug-likeness (QED) is 0.512. The van der Waals surface area contributed by atoms with Crippen LogP contribution in [-0.4, -0.2) is 71.7 Å². The number of hydrogen-bond donors (Lipinski definition) is 4. The maximum absolute atomic E-state index is 13.2. The number of nitrogens with one attached hydrogen (secondary N) is 3. The lowest BCUT2D eigenvalue weighted by Crippen LogP contribution is -2.57. The minimum Gasteiger partial charge on any atom is -0.480 e. The molecule has 2 amide bonds. The Hall–Kier alpha value is -3.44. The lowest BCUT2D eigenvalue weighted by Gasteiger charge is -2.39. The number of amides is 2. The zero-order valence-corrected chi connectivity index (χ0v) is 18.4. The van der Waals surface area contributed by atoms with Crippen LogP contribution in [0, 0.1) is 5.41 Å². The van der Waals surface area contributed by atoms with E-state index in [1.165, 1.54) is 22.1 Å². The van der Waals surface area contributed by atoms with Gasteiger partial charge in [-0.3, -0.25) is 15.0 Å². The van der Waals surface area contributed by atoms with E-state index in [4.69, 9.17) is 10.1 Å². The van der Waals surface area contributed by atoms with Crippen molar-refractivity contribution in [3.05, 3.63) is 18.1 Å². The van der Waals surface area contributed by atoms with Crippen LogP contribution in [-0.2, 0) is 20.9 Å². The van der Waals surface area contributed by atoms with Crippen LogP contribution < -0.4 is 10.8 Å². The first-order valence-corrected chi connectivity index (χ1v) is 10.5. The Morgan fingerprint density at radius 3 is 2.72 bits per heavy atom. The zero-order valence-electron chi connectivity index (χ0n) is 18.4. The number of H-pyrrole nitrogens is 1. The predicted octanol–water partition coefficient (Wildman–Crippen LogP) is 0.988. The molecular weight excluding hydrogens is 418 g/mol. The Balaban J connectivity index is 1.81. The van der Waals surface area contributed by atoms with Crippen molar-refractivity contribution in [2.75, 3.05) is 6.54 Å². The number of ether oxygens (including phenoxy) is 1. The number of carboxylic acids is 1. The van der Waals surface area contributed by atoms with Gasteiger partial charge >= 0.3 is 12.1 Å². The fourth-order valence-electron chi connectivity index (χ4n) is 3.89. The highest BCUT2D eigenvalue weighted by Crippen LogP contribution is 2.24. The van der Waals surface area contributed by atoms with E-state index in [1.807, 2.05) is 0 Å². The number of imidazole rings is 1. The van der Waals surface area contributed by atoms with Crippen LogP contribution in [0.5, 0.6) is 0 Å². The average Bonchev–Trinajstić information content (AvgIpc) is 3.17. The lowest BCUT2D eigenvalue weighted by atomic mass is 9.89. The number of hydrogen-bond acceptors (Lipinski definition) is 7. The van der Waals surface area contributed by atoms with Crippen molar-refractivity contribution in [2.45, 2.75) is 70.7 Å². The first-order valence-electron chi connectivity index (χ1n) is 10.5. The number of nitrogens with zero attached hydrogens (tertiary/aromatic N) is 4. The Kier molecular flexibility index (Phi) is 6.80. The summed E-state index contributed by atoms with van der Waals surface area (Å²) in [6, 6.07) is -0.936. The number of alkyl carbamates (subject to hydrolysis) is 1. The number of aliphatic carboxylic acids is 1. The Labute approximate surface area is 184 Å². The summed E-state index contributed by atoms with van der Waals surface area (Å²) in [5.41, 5.74) is 0.0787. The van der Waals surface area contributed by atoms with Crippen molar-refractivity contribution in [1.29, 1.82) is 5.41 Å². The normalized spacial score (nSPS) is 18.8. The van der Waals surface area contributed by atoms with Gasteiger partial charge in [0.15, 0.2) is 11.1 Å². The van der Waals surface area contributed by atoms with Gasteiger partial charge in [0.05, 0.1) is 24.7 Å². The van der Waals surface area contributed by atoms with Crippen molar-refractivity contribution < 1.29 is 24.2 Å². The van der Waals surface area contributed by atoms with Crippen LogP contribution in [0.4, 0.5) is 4.79 Å². The van der Waals surface area contributed by atoms with Gasteiger partial charge in [0.1, 0.15) is 24.2 Å². The molecule has 0 aromatic carbocycles. The Morgan fingerprint density at radius 1 is 1.31 bits per heavy atom. The van der Waals surface area contributed by atoms with Gasteiger partial charge in [0, 0.05) is 0 Å². The number of rotatable bonds is 6. The number of carboxylic acid groups (broad SMARTS) is 1. The predicted molar refractivity (Wildman–Crippen MR) is 112 cm³/mol. The summed E-state index contributed by atoms with van der Waals surface area (Å²) >= 11 is 0. The highest BCUT2D eigenvalue weighted by molar-refractivity contribution is 5.82. The molecule has 174 valence electrons. The second-order valence-corrected chi connectivity index (χ2v) is 8.84. The van der Waals surface area contributed by atoms with Gasteiger partial charge in [-0.1, -0.05) is 12.8 Å². The molecule has 1 aliphatic rings. The standard InChI is InChI=1S/C20H29N7O5/c1-20(2,3)32-19(31)25-12-6-4-5-7-13(12)27(9-15(29)30)14(28)8-26-11-24-18-16(17(26)21)22-10-23-18/h10-13,21H,4-9H2,1-3H3,(H,22,23)(H,25,31)(H,29,30)/t12-,13-/m0/s1. The van der Waals surface area contributed by atoms with E-state index in [9.17, 15) is 19.5 Å². The van der Waals surface area contributed by atoms with Gasteiger partial charge in [-0.15, -0.1) is 0 Å². The number of aromatic nitrogens is 4. The summed E-state index contributed by atoms with van der Waals surface area (Å²) in [5, 5.41) is 20.5. The molecule has 2 atom stereocenters. The molecule has 12 heteroatoms. The monoisotopic (exact) mass is 447 g/mol. The second kappa shape index (κ2) is 9.37. The fraction of sp³-hybridized carbons (Fsp3) is 0.600. The van der Waals surface area contributed by atoms with E-state index in [1.54, 1.807) is 20.8 Å². The number of aromatic amines is 1.